The van der Waals surface area contributed by atoms with Gasteiger partial charge in [-0.3, -0.25) is 14.8 Å². The molecule has 2 aromatic heterocycles. The first-order valence-electron chi connectivity index (χ1n) is 9.22. The number of benzene rings is 1. The van der Waals surface area contributed by atoms with E-state index in [0.717, 1.165) is 22.3 Å². The average Bonchev–Trinajstić information content (AvgIpc) is 3.12. The summed E-state index contributed by atoms with van der Waals surface area (Å²) in [4.78, 5) is 21.5. The Hall–Kier alpha value is -3.35. The minimum absolute atomic E-state index is 0.237. The summed E-state index contributed by atoms with van der Waals surface area (Å²) in [7, 11) is 2.05. The predicted octanol–water partition coefficient (Wildman–Crippen LogP) is 1.34. The molecular formula is C21H22BN5O. The second-order valence-corrected chi connectivity index (χ2v) is 7.50. The summed E-state index contributed by atoms with van der Waals surface area (Å²) in [6.07, 6.45) is 3.70. The molecular weight excluding hydrogens is 349 g/mol. The standard InChI is InChI=1S/C21H22BN5O/c1-13-5-8-17(24-11-13)20(28)25-14-6-7-16(22)15(10-14)21(2)12-27-9-3-4-18(27)19(23)26-21/h3-11H,12,22H2,1-2H3,(H2,23,26)(H,25,28). The van der Waals surface area contributed by atoms with E-state index in [4.69, 9.17) is 10.7 Å². The first-order chi connectivity index (χ1) is 13.4. The van der Waals surface area contributed by atoms with Crippen molar-refractivity contribution in [1.82, 2.24) is 9.55 Å². The molecule has 1 aliphatic heterocycles. The molecule has 0 radical (unpaired) electrons. The summed E-state index contributed by atoms with van der Waals surface area (Å²) >= 11 is 0. The van der Waals surface area contributed by atoms with Gasteiger partial charge in [-0.05, 0) is 55.3 Å². The first-order valence-corrected chi connectivity index (χ1v) is 9.22. The molecule has 3 N–H and O–H groups in total. The Kier molecular flexibility index (Phi) is 4.30. The molecule has 6 nitrogen and oxygen atoms in total. The monoisotopic (exact) mass is 371 g/mol. The van der Waals surface area contributed by atoms with Crippen molar-refractivity contribution in [3.05, 3.63) is 77.4 Å². The van der Waals surface area contributed by atoms with Gasteiger partial charge in [-0.25, -0.2) is 0 Å². The Bertz CT molecular complexity index is 1090. The maximum absolute atomic E-state index is 12.5. The van der Waals surface area contributed by atoms with Crippen molar-refractivity contribution < 1.29 is 4.79 Å². The van der Waals surface area contributed by atoms with E-state index >= 15 is 0 Å². The van der Waals surface area contributed by atoms with Gasteiger partial charge in [-0.2, -0.15) is 0 Å². The molecule has 7 heteroatoms. The maximum atomic E-state index is 12.5. The number of fused-ring (bicyclic) bond motifs is 1. The van der Waals surface area contributed by atoms with Crippen LogP contribution in [0.2, 0.25) is 0 Å². The van der Waals surface area contributed by atoms with Crippen LogP contribution in [0.3, 0.4) is 0 Å². The molecule has 140 valence electrons. The highest BCUT2D eigenvalue weighted by molar-refractivity contribution is 6.33. The Labute approximate surface area is 164 Å². The maximum Gasteiger partial charge on any atom is 0.274 e. The van der Waals surface area contributed by atoms with Crippen LogP contribution in [0.1, 0.15) is 34.2 Å². The van der Waals surface area contributed by atoms with Crippen LogP contribution in [0.5, 0.6) is 0 Å². The highest BCUT2D eigenvalue weighted by Gasteiger charge is 2.33. The molecule has 1 aliphatic rings. The molecule has 1 aromatic carbocycles. The Balaban J connectivity index is 1.65. The van der Waals surface area contributed by atoms with Crippen LogP contribution in [0, 0.1) is 6.92 Å². The van der Waals surface area contributed by atoms with Crippen molar-refractivity contribution in [3.8, 4) is 0 Å². The third kappa shape index (κ3) is 3.20. The first kappa shape index (κ1) is 18.0. The number of carbonyl (C=O) groups is 1. The lowest BCUT2D eigenvalue weighted by molar-refractivity contribution is 0.102. The number of rotatable bonds is 3. The number of carbonyl (C=O) groups excluding carboxylic acids is 1. The van der Waals surface area contributed by atoms with Gasteiger partial charge in [0.05, 0.1) is 12.2 Å². The molecule has 0 saturated carbocycles. The number of anilines is 1. The zero-order valence-electron chi connectivity index (χ0n) is 16.2. The minimum Gasteiger partial charge on any atom is -0.382 e. The fourth-order valence-electron chi connectivity index (χ4n) is 3.70. The van der Waals surface area contributed by atoms with Gasteiger partial charge >= 0.3 is 0 Å². The largest absolute Gasteiger partial charge is 0.382 e. The molecule has 4 rings (SSSR count). The summed E-state index contributed by atoms with van der Waals surface area (Å²) in [5, 5.41) is 2.94. The molecule has 1 atom stereocenters. The number of aryl methyl sites for hydroxylation is 1. The number of aliphatic imine (C=N–C) groups is 1. The van der Waals surface area contributed by atoms with Gasteiger partial charge in [0.15, 0.2) is 0 Å². The lowest BCUT2D eigenvalue weighted by Crippen LogP contribution is -2.39. The molecule has 0 saturated heterocycles. The zero-order valence-corrected chi connectivity index (χ0v) is 16.2. The van der Waals surface area contributed by atoms with Crippen molar-refractivity contribution >= 4 is 30.7 Å². The summed E-state index contributed by atoms with van der Waals surface area (Å²) < 4.78 is 2.11. The van der Waals surface area contributed by atoms with Gasteiger partial charge in [0, 0.05) is 18.1 Å². The van der Waals surface area contributed by atoms with Crippen molar-refractivity contribution in [2.24, 2.45) is 10.7 Å². The van der Waals surface area contributed by atoms with Gasteiger partial charge in [0.1, 0.15) is 24.9 Å². The lowest BCUT2D eigenvalue weighted by atomic mass is 9.79. The van der Waals surface area contributed by atoms with Gasteiger partial charge in [0.2, 0.25) is 0 Å². The molecule has 3 aromatic rings. The molecule has 0 fully saturated rings. The number of nitrogens with zero attached hydrogens (tertiary/aromatic N) is 3. The minimum atomic E-state index is -0.511. The number of amides is 1. The van der Waals surface area contributed by atoms with Gasteiger partial charge in [-0.1, -0.05) is 17.6 Å². The zero-order chi connectivity index (χ0) is 19.9. The molecule has 3 heterocycles. The molecule has 1 unspecified atom stereocenters. The predicted molar refractivity (Wildman–Crippen MR) is 114 cm³/mol. The van der Waals surface area contributed by atoms with Gasteiger partial charge < -0.3 is 15.6 Å². The van der Waals surface area contributed by atoms with Crippen LogP contribution in [-0.4, -0.2) is 29.1 Å². The van der Waals surface area contributed by atoms with E-state index < -0.39 is 5.54 Å². The topological polar surface area (TPSA) is 85.3 Å². The second-order valence-electron chi connectivity index (χ2n) is 7.50. The number of pyridine rings is 1. The third-order valence-electron chi connectivity index (χ3n) is 5.16. The van der Waals surface area contributed by atoms with Crippen molar-refractivity contribution in [2.45, 2.75) is 25.9 Å². The highest BCUT2D eigenvalue weighted by Crippen LogP contribution is 2.32. The van der Waals surface area contributed by atoms with Crippen LogP contribution in [0.25, 0.3) is 0 Å². The fourth-order valence-corrected chi connectivity index (χ4v) is 3.70. The molecule has 1 amide bonds. The highest BCUT2D eigenvalue weighted by atomic mass is 16.1. The van der Waals surface area contributed by atoms with E-state index in [9.17, 15) is 4.79 Å². The van der Waals surface area contributed by atoms with Crippen LogP contribution in [0.4, 0.5) is 5.69 Å². The number of aromatic nitrogens is 2. The quantitative estimate of drug-likeness (QED) is 0.682. The van der Waals surface area contributed by atoms with Crippen molar-refractivity contribution in [1.29, 1.82) is 0 Å². The molecule has 0 spiro atoms. The normalized spacial score (nSPS) is 18.3. The summed E-state index contributed by atoms with van der Waals surface area (Å²) in [6.45, 7) is 4.69. The number of hydrogen-bond acceptors (Lipinski definition) is 4. The smallest absolute Gasteiger partial charge is 0.274 e. The summed E-state index contributed by atoms with van der Waals surface area (Å²) in [6, 6.07) is 13.4. The lowest BCUT2D eigenvalue weighted by Gasteiger charge is -2.33. The van der Waals surface area contributed by atoms with Crippen LogP contribution < -0.4 is 16.5 Å². The summed E-state index contributed by atoms with van der Waals surface area (Å²) in [5.41, 5.74) is 10.9. The number of nitrogens with one attached hydrogen (secondary N) is 1. The van der Waals surface area contributed by atoms with Crippen LogP contribution in [0.15, 0.2) is 59.9 Å². The van der Waals surface area contributed by atoms with E-state index in [1.807, 2.05) is 57.4 Å². The van der Waals surface area contributed by atoms with Crippen LogP contribution >= 0.6 is 0 Å². The Morgan fingerprint density at radius 1 is 1.29 bits per heavy atom. The SMILES string of the molecule is Bc1ccc(NC(=O)c2ccc(C)cn2)cc1C1(C)Cn2cccc2C(N)=N1. The Morgan fingerprint density at radius 3 is 2.86 bits per heavy atom. The van der Waals surface area contributed by atoms with Gasteiger partial charge in [-0.15, -0.1) is 0 Å². The van der Waals surface area contributed by atoms with E-state index in [-0.39, 0.29) is 5.91 Å². The van der Waals surface area contributed by atoms with Crippen molar-refractivity contribution in [2.75, 3.05) is 5.32 Å². The van der Waals surface area contributed by atoms with E-state index in [0.29, 0.717) is 23.8 Å². The third-order valence-corrected chi connectivity index (χ3v) is 5.16. The molecule has 0 aliphatic carbocycles. The molecule has 0 bridgehead atoms. The summed E-state index contributed by atoms with van der Waals surface area (Å²) in [5.74, 6) is 0.288. The van der Waals surface area contributed by atoms with Crippen molar-refractivity contribution in [3.63, 3.8) is 0 Å². The van der Waals surface area contributed by atoms with Gasteiger partial charge in [0.25, 0.3) is 5.91 Å². The number of hydrogen-bond donors (Lipinski definition) is 2. The number of nitrogens with two attached hydrogens (primary N) is 1. The van der Waals surface area contributed by atoms with E-state index in [2.05, 4.69) is 21.8 Å². The second kappa shape index (κ2) is 6.67. The van der Waals surface area contributed by atoms with E-state index in [1.165, 1.54) is 0 Å². The number of amidine groups is 1. The Morgan fingerprint density at radius 2 is 2.11 bits per heavy atom. The average molecular weight is 371 g/mol. The van der Waals surface area contributed by atoms with E-state index in [1.54, 1.807) is 12.3 Å². The molecule has 28 heavy (non-hydrogen) atoms. The fraction of sp³-hybridized carbons (Fsp3) is 0.190. The van der Waals surface area contributed by atoms with Crippen LogP contribution in [-0.2, 0) is 12.1 Å².